The number of hydrogen-bond acceptors (Lipinski definition) is 5. The van der Waals surface area contributed by atoms with E-state index in [1.807, 2.05) is 45.0 Å². The van der Waals surface area contributed by atoms with E-state index in [2.05, 4.69) is 4.98 Å². The second-order valence-electron chi connectivity index (χ2n) is 7.70. The lowest BCUT2D eigenvalue weighted by Gasteiger charge is -2.28. The van der Waals surface area contributed by atoms with Crippen molar-refractivity contribution in [1.82, 2.24) is 4.98 Å². The van der Waals surface area contributed by atoms with Crippen molar-refractivity contribution in [3.8, 4) is 11.5 Å². The maximum absolute atomic E-state index is 13.5. The molecule has 0 bridgehead atoms. The van der Waals surface area contributed by atoms with E-state index in [0.717, 1.165) is 11.1 Å². The van der Waals surface area contributed by atoms with Gasteiger partial charge in [-0.05, 0) is 66.4 Å². The molecule has 0 saturated carbocycles. The van der Waals surface area contributed by atoms with Gasteiger partial charge in [-0.1, -0.05) is 19.9 Å². The molecule has 0 aliphatic rings. The molecule has 0 saturated heterocycles. The van der Waals surface area contributed by atoms with Gasteiger partial charge in [0.15, 0.2) is 0 Å². The Hall–Kier alpha value is -3.06. The predicted octanol–water partition coefficient (Wildman–Crippen LogP) is 4.83. The highest BCUT2D eigenvalue weighted by atomic mass is 32.2. The van der Waals surface area contributed by atoms with Crippen LogP contribution in [0, 0.1) is 12.8 Å². The van der Waals surface area contributed by atoms with Crippen LogP contribution in [-0.2, 0) is 16.6 Å². The molecule has 31 heavy (non-hydrogen) atoms. The molecule has 164 valence electrons. The zero-order valence-corrected chi connectivity index (χ0v) is 19.1. The fraction of sp³-hybridized carbons (Fsp3) is 0.292. The fourth-order valence-corrected chi connectivity index (χ4v) is 4.81. The maximum atomic E-state index is 13.5. The van der Waals surface area contributed by atoms with Crippen LogP contribution in [0.3, 0.4) is 0 Å². The van der Waals surface area contributed by atoms with E-state index in [0.29, 0.717) is 30.3 Å². The van der Waals surface area contributed by atoms with Crippen LogP contribution in [0.2, 0.25) is 0 Å². The summed E-state index contributed by atoms with van der Waals surface area (Å²) in [5.74, 6) is 1.36. The Morgan fingerprint density at radius 2 is 1.61 bits per heavy atom. The van der Waals surface area contributed by atoms with Crippen LogP contribution in [0.25, 0.3) is 0 Å². The molecule has 0 aliphatic carbocycles. The SMILES string of the molecule is COc1ccc(C)c(N(CC(C)C)S(=O)(=O)c2ccc(OCc3ccncc3)cc2)c1. The molecule has 6 nitrogen and oxygen atoms in total. The van der Waals surface area contributed by atoms with Crippen molar-refractivity contribution in [2.45, 2.75) is 32.3 Å². The monoisotopic (exact) mass is 440 g/mol. The van der Waals surface area contributed by atoms with Crippen LogP contribution in [-0.4, -0.2) is 27.1 Å². The van der Waals surface area contributed by atoms with Crippen LogP contribution in [0.5, 0.6) is 11.5 Å². The molecule has 2 aromatic carbocycles. The second kappa shape index (κ2) is 9.83. The van der Waals surface area contributed by atoms with Crippen LogP contribution >= 0.6 is 0 Å². The number of aromatic nitrogens is 1. The van der Waals surface area contributed by atoms with Gasteiger partial charge in [0.05, 0.1) is 17.7 Å². The number of hydrogen-bond donors (Lipinski definition) is 0. The topological polar surface area (TPSA) is 68.7 Å². The summed E-state index contributed by atoms with van der Waals surface area (Å²) in [6.45, 7) is 6.63. The number of pyridine rings is 1. The molecule has 0 amide bonds. The number of aryl methyl sites for hydroxylation is 1. The summed E-state index contributed by atoms with van der Waals surface area (Å²) in [5.41, 5.74) is 2.47. The fourth-order valence-electron chi connectivity index (χ4n) is 3.12. The van der Waals surface area contributed by atoms with Gasteiger partial charge in [-0.2, -0.15) is 0 Å². The summed E-state index contributed by atoms with van der Waals surface area (Å²) < 4.78 is 39.6. The summed E-state index contributed by atoms with van der Waals surface area (Å²) in [6.07, 6.45) is 3.41. The number of anilines is 1. The van der Waals surface area contributed by atoms with Crippen LogP contribution < -0.4 is 13.8 Å². The smallest absolute Gasteiger partial charge is 0.264 e. The molecule has 0 fully saturated rings. The van der Waals surface area contributed by atoms with Gasteiger partial charge in [-0.25, -0.2) is 8.42 Å². The highest BCUT2D eigenvalue weighted by Crippen LogP contribution is 2.31. The van der Waals surface area contributed by atoms with Crippen molar-refractivity contribution in [2.24, 2.45) is 5.92 Å². The highest BCUT2D eigenvalue weighted by Gasteiger charge is 2.27. The zero-order chi connectivity index (χ0) is 22.4. The van der Waals surface area contributed by atoms with Gasteiger partial charge >= 0.3 is 0 Å². The third kappa shape index (κ3) is 5.55. The molecule has 1 heterocycles. The van der Waals surface area contributed by atoms with Crippen molar-refractivity contribution < 1.29 is 17.9 Å². The predicted molar refractivity (Wildman–Crippen MR) is 122 cm³/mol. The van der Waals surface area contributed by atoms with E-state index in [4.69, 9.17) is 9.47 Å². The van der Waals surface area contributed by atoms with Crippen LogP contribution in [0.1, 0.15) is 25.0 Å². The minimum Gasteiger partial charge on any atom is -0.497 e. The molecule has 1 aromatic heterocycles. The van der Waals surface area contributed by atoms with Crippen molar-refractivity contribution in [3.63, 3.8) is 0 Å². The summed E-state index contributed by atoms with van der Waals surface area (Å²) in [6, 6.07) is 15.7. The Morgan fingerprint density at radius 1 is 0.968 bits per heavy atom. The van der Waals surface area contributed by atoms with Gasteiger partial charge in [0.1, 0.15) is 18.1 Å². The molecule has 0 spiro atoms. The molecule has 0 N–H and O–H groups in total. The first kappa shape index (κ1) is 22.6. The summed E-state index contributed by atoms with van der Waals surface area (Å²) in [7, 11) is -2.20. The number of methoxy groups -OCH3 is 1. The first-order valence-corrected chi connectivity index (χ1v) is 11.5. The van der Waals surface area contributed by atoms with Crippen molar-refractivity contribution in [2.75, 3.05) is 18.0 Å². The summed E-state index contributed by atoms with van der Waals surface area (Å²) >= 11 is 0. The molecule has 3 aromatic rings. The van der Waals surface area contributed by atoms with Crippen LogP contribution in [0.4, 0.5) is 5.69 Å². The second-order valence-corrected chi connectivity index (χ2v) is 9.56. The number of sulfonamides is 1. The first-order chi connectivity index (χ1) is 14.8. The molecule has 0 radical (unpaired) electrons. The molecule has 0 aliphatic heterocycles. The largest absolute Gasteiger partial charge is 0.497 e. The van der Waals surface area contributed by atoms with E-state index >= 15 is 0 Å². The average Bonchev–Trinajstić information content (AvgIpc) is 2.77. The molecule has 7 heteroatoms. The number of rotatable bonds is 9. The van der Waals surface area contributed by atoms with Gasteiger partial charge in [0.2, 0.25) is 0 Å². The lowest BCUT2D eigenvalue weighted by atomic mass is 10.1. The molecular weight excluding hydrogens is 412 g/mol. The standard InChI is InChI=1S/C24H28N2O4S/c1-18(2)16-26(24-15-22(29-4)6-5-19(24)3)31(27,28)23-9-7-21(8-10-23)30-17-20-11-13-25-14-12-20/h5-15,18H,16-17H2,1-4H3. The van der Waals surface area contributed by atoms with Gasteiger partial charge in [0.25, 0.3) is 10.0 Å². The van der Waals surface area contributed by atoms with E-state index in [1.54, 1.807) is 49.8 Å². The van der Waals surface area contributed by atoms with Crippen molar-refractivity contribution in [1.29, 1.82) is 0 Å². The van der Waals surface area contributed by atoms with Gasteiger partial charge in [-0.15, -0.1) is 0 Å². The van der Waals surface area contributed by atoms with Gasteiger partial charge in [-0.3, -0.25) is 9.29 Å². The lowest BCUT2D eigenvalue weighted by Crippen LogP contribution is -2.34. The van der Waals surface area contributed by atoms with Gasteiger partial charge in [0, 0.05) is 25.0 Å². The Morgan fingerprint density at radius 3 is 2.23 bits per heavy atom. The minimum atomic E-state index is -3.77. The Labute approximate surface area is 184 Å². The average molecular weight is 441 g/mol. The molecular formula is C24H28N2O4S. The number of nitrogens with zero attached hydrogens (tertiary/aromatic N) is 2. The minimum absolute atomic E-state index is 0.142. The number of ether oxygens (including phenoxy) is 2. The van der Waals surface area contributed by atoms with Crippen LogP contribution in [0.15, 0.2) is 71.9 Å². The van der Waals surface area contributed by atoms with Crippen molar-refractivity contribution >= 4 is 15.7 Å². The van der Waals surface area contributed by atoms with E-state index in [1.165, 1.54) is 4.31 Å². The Kier molecular flexibility index (Phi) is 7.17. The quantitative estimate of drug-likeness (QED) is 0.477. The number of benzene rings is 2. The highest BCUT2D eigenvalue weighted by molar-refractivity contribution is 7.92. The maximum Gasteiger partial charge on any atom is 0.264 e. The Balaban J connectivity index is 1.87. The normalized spacial score (nSPS) is 11.4. The molecule has 0 unspecified atom stereocenters. The van der Waals surface area contributed by atoms with Gasteiger partial charge < -0.3 is 9.47 Å². The third-order valence-electron chi connectivity index (χ3n) is 4.78. The van der Waals surface area contributed by atoms with E-state index in [-0.39, 0.29) is 10.8 Å². The lowest BCUT2D eigenvalue weighted by molar-refractivity contribution is 0.306. The molecule has 3 rings (SSSR count). The van der Waals surface area contributed by atoms with Crippen molar-refractivity contribution in [3.05, 3.63) is 78.1 Å². The molecule has 0 atom stereocenters. The summed E-state index contributed by atoms with van der Waals surface area (Å²) in [4.78, 5) is 4.20. The van der Waals surface area contributed by atoms with E-state index in [9.17, 15) is 8.42 Å². The van der Waals surface area contributed by atoms with E-state index < -0.39 is 10.0 Å². The Bertz CT molecular complexity index is 1100. The third-order valence-corrected chi connectivity index (χ3v) is 6.58. The first-order valence-electron chi connectivity index (χ1n) is 10.1. The summed E-state index contributed by atoms with van der Waals surface area (Å²) in [5, 5.41) is 0. The zero-order valence-electron chi connectivity index (χ0n) is 18.3.